The second-order valence-electron chi connectivity index (χ2n) is 13.1. The molecule has 0 spiro atoms. The van der Waals surface area contributed by atoms with Crippen LogP contribution in [0.1, 0.15) is 0 Å². The Labute approximate surface area is 300 Å². The molecular weight excluding hydrogens is 633 g/mol. The van der Waals surface area contributed by atoms with Crippen molar-refractivity contribution in [2.45, 2.75) is 0 Å². The fourth-order valence-corrected chi connectivity index (χ4v) is 7.27. The van der Waals surface area contributed by atoms with Crippen LogP contribution in [0, 0.1) is 0 Å². The monoisotopic (exact) mass is 662 g/mol. The van der Waals surface area contributed by atoms with Crippen LogP contribution in [-0.2, 0) is 0 Å². The summed E-state index contributed by atoms with van der Waals surface area (Å²) in [7, 11) is 0. The molecule has 0 atom stereocenters. The van der Waals surface area contributed by atoms with Gasteiger partial charge in [-0.2, -0.15) is 0 Å². The molecule has 0 aliphatic heterocycles. The van der Waals surface area contributed by atoms with Crippen LogP contribution in [0.4, 0.5) is 0 Å². The molecule has 52 heavy (non-hydrogen) atoms. The van der Waals surface area contributed by atoms with Crippen molar-refractivity contribution >= 4 is 43.5 Å². The summed E-state index contributed by atoms with van der Waals surface area (Å²) in [5.74, 6) is 0. The maximum atomic E-state index is 5.28. The Bertz CT molecular complexity index is 2940. The quantitative estimate of drug-likeness (QED) is 0.172. The van der Waals surface area contributed by atoms with E-state index in [-0.39, 0.29) is 0 Å². The summed E-state index contributed by atoms with van der Waals surface area (Å²) in [6.07, 6.45) is 1.80. The molecule has 0 aliphatic rings. The Kier molecular flexibility index (Phi) is 7.10. The van der Waals surface area contributed by atoms with Crippen molar-refractivity contribution in [3.8, 4) is 56.2 Å². The van der Waals surface area contributed by atoms with Gasteiger partial charge in [0, 0.05) is 33.5 Å². The molecule has 0 saturated heterocycles. The Balaban J connectivity index is 1.00. The summed E-state index contributed by atoms with van der Waals surface area (Å²) in [5.41, 5.74) is 13.3. The highest BCUT2D eigenvalue weighted by Gasteiger charge is 2.14. The zero-order chi connectivity index (χ0) is 34.4. The zero-order valence-electron chi connectivity index (χ0n) is 28.1. The fourth-order valence-electron chi connectivity index (χ4n) is 7.27. The van der Waals surface area contributed by atoms with E-state index in [9.17, 15) is 0 Å². The highest BCUT2D eigenvalue weighted by molar-refractivity contribution is 6.07. The molecule has 0 bridgehead atoms. The smallest absolute Gasteiger partial charge is 0.0972 e. The van der Waals surface area contributed by atoms with E-state index >= 15 is 0 Å². The van der Waals surface area contributed by atoms with Crippen LogP contribution in [0.25, 0.3) is 99.6 Å². The average Bonchev–Trinajstić information content (AvgIpc) is 3.23. The lowest BCUT2D eigenvalue weighted by molar-refractivity contribution is 1.28. The van der Waals surface area contributed by atoms with Crippen molar-refractivity contribution in [3.05, 3.63) is 182 Å². The number of hydrogen-bond donors (Lipinski definition) is 0. The standard InChI is InChI=1S/C48H30N4/c1-2-8-33(9-3-1)42-25-19-34-17-18-35-20-27-44(52-48(35)47(34)51-42)41-24-23-38(39-10-4-5-11-40(39)41)32-15-13-31(14-16-32)36-21-26-43-37(30-36)22-28-46(50-43)45-12-6-7-29-49-45/h1-30H. The lowest BCUT2D eigenvalue weighted by Crippen LogP contribution is -1.92. The predicted octanol–water partition coefficient (Wildman–Crippen LogP) is 12.2. The van der Waals surface area contributed by atoms with E-state index in [2.05, 4.69) is 138 Å². The molecule has 242 valence electrons. The van der Waals surface area contributed by atoms with Crippen LogP contribution >= 0.6 is 0 Å². The van der Waals surface area contributed by atoms with Gasteiger partial charge >= 0.3 is 0 Å². The first-order valence-corrected chi connectivity index (χ1v) is 17.5. The summed E-state index contributed by atoms with van der Waals surface area (Å²) >= 11 is 0. The third kappa shape index (κ3) is 5.26. The van der Waals surface area contributed by atoms with Gasteiger partial charge in [0.1, 0.15) is 0 Å². The largest absolute Gasteiger partial charge is 0.255 e. The summed E-state index contributed by atoms with van der Waals surface area (Å²) in [6, 6.07) is 61.6. The molecule has 0 aliphatic carbocycles. The number of pyridine rings is 4. The molecule has 4 nitrogen and oxygen atoms in total. The fraction of sp³-hybridized carbons (Fsp3) is 0. The van der Waals surface area contributed by atoms with Crippen LogP contribution in [0.15, 0.2) is 182 Å². The maximum absolute atomic E-state index is 5.28. The molecule has 0 saturated carbocycles. The molecule has 4 heterocycles. The number of aromatic nitrogens is 4. The van der Waals surface area contributed by atoms with Crippen molar-refractivity contribution in [2.75, 3.05) is 0 Å². The first kappa shape index (κ1) is 29.8. The third-order valence-corrected chi connectivity index (χ3v) is 9.93. The molecule has 10 rings (SSSR count). The minimum Gasteiger partial charge on any atom is -0.255 e. The van der Waals surface area contributed by atoms with Crippen LogP contribution in [0.2, 0.25) is 0 Å². The lowest BCUT2D eigenvalue weighted by atomic mass is 9.92. The highest BCUT2D eigenvalue weighted by atomic mass is 14.8. The van der Waals surface area contributed by atoms with Gasteiger partial charge in [0.15, 0.2) is 0 Å². The van der Waals surface area contributed by atoms with Crippen LogP contribution in [0.5, 0.6) is 0 Å². The molecule has 4 heteroatoms. The molecule has 0 unspecified atom stereocenters. The summed E-state index contributed by atoms with van der Waals surface area (Å²) in [5, 5.41) is 5.62. The van der Waals surface area contributed by atoms with Crippen LogP contribution < -0.4 is 0 Å². The van der Waals surface area contributed by atoms with Gasteiger partial charge in [-0.15, -0.1) is 0 Å². The van der Waals surface area contributed by atoms with Gasteiger partial charge in [0.05, 0.1) is 39.3 Å². The second-order valence-corrected chi connectivity index (χ2v) is 13.1. The lowest BCUT2D eigenvalue weighted by Gasteiger charge is -2.13. The molecular formula is C48H30N4. The molecule has 0 radical (unpaired) electrons. The van der Waals surface area contributed by atoms with E-state index in [0.717, 1.165) is 77.7 Å². The Hall–Kier alpha value is -7.04. The van der Waals surface area contributed by atoms with Crippen molar-refractivity contribution in [3.63, 3.8) is 0 Å². The molecule has 10 aromatic rings. The van der Waals surface area contributed by atoms with Crippen molar-refractivity contribution in [1.29, 1.82) is 0 Å². The zero-order valence-corrected chi connectivity index (χ0v) is 28.1. The minimum absolute atomic E-state index is 0.877. The van der Waals surface area contributed by atoms with Gasteiger partial charge in [0.2, 0.25) is 0 Å². The van der Waals surface area contributed by atoms with Gasteiger partial charge in [-0.25, -0.2) is 15.0 Å². The number of hydrogen-bond acceptors (Lipinski definition) is 4. The summed E-state index contributed by atoms with van der Waals surface area (Å²) in [6.45, 7) is 0. The number of fused-ring (bicyclic) bond motifs is 5. The molecule has 0 amide bonds. The van der Waals surface area contributed by atoms with Gasteiger partial charge in [-0.1, -0.05) is 133 Å². The van der Waals surface area contributed by atoms with E-state index in [0.29, 0.717) is 0 Å². The molecule has 4 aromatic heterocycles. The van der Waals surface area contributed by atoms with Crippen molar-refractivity contribution < 1.29 is 0 Å². The molecule has 0 N–H and O–H groups in total. The Morgan fingerprint density at radius 3 is 1.67 bits per heavy atom. The average molecular weight is 663 g/mol. The van der Waals surface area contributed by atoms with E-state index in [1.165, 1.54) is 21.9 Å². The first-order valence-electron chi connectivity index (χ1n) is 17.5. The maximum Gasteiger partial charge on any atom is 0.0972 e. The number of nitrogens with zero attached hydrogens (tertiary/aromatic N) is 4. The summed E-state index contributed by atoms with van der Waals surface area (Å²) < 4.78 is 0. The minimum atomic E-state index is 0.877. The third-order valence-electron chi connectivity index (χ3n) is 9.93. The summed E-state index contributed by atoms with van der Waals surface area (Å²) in [4.78, 5) is 19.7. The highest BCUT2D eigenvalue weighted by Crippen LogP contribution is 2.37. The SMILES string of the molecule is c1ccc(-c2ccc3ccc4ccc(-c5ccc(-c6ccc(-c7ccc8nc(-c9ccccn9)ccc8c7)cc6)c6ccccc56)nc4c3n2)cc1. The van der Waals surface area contributed by atoms with Crippen molar-refractivity contribution in [1.82, 2.24) is 19.9 Å². The molecule has 0 fully saturated rings. The Morgan fingerprint density at radius 1 is 0.308 bits per heavy atom. The van der Waals surface area contributed by atoms with Gasteiger partial charge in [-0.05, 0) is 75.5 Å². The number of rotatable bonds is 5. The van der Waals surface area contributed by atoms with E-state index in [1.54, 1.807) is 6.20 Å². The van der Waals surface area contributed by atoms with Crippen LogP contribution in [-0.4, -0.2) is 19.9 Å². The van der Waals surface area contributed by atoms with E-state index in [1.807, 2.05) is 42.5 Å². The first-order chi connectivity index (χ1) is 25.7. The predicted molar refractivity (Wildman–Crippen MR) is 215 cm³/mol. The van der Waals surface area contributed by atoms with Gasteiger partial charge < -0.3 is 0 Å². The topological polar surface area (TPSA) is 51.6 Å². The molecule has 6 aromatic carbocycles. The van der Waals surface area contributed by atoms with E-state index < -0.39 is 0 Å². The Morgan fingerprint density at radius 2 is 0.904 bits per heavy atom. The van der Waals surface area contributed by atoms with Crippen LogP contribution in [0.3, 0.4) is 0 Å². The second kappa shape index (κ2) is 12.4. The van der Waals surface area contributed by atoms with Gasteiger partial charge in [0.25, 0.3) is 0 Å². The normalized spacial score (nSPS) is 11.5. The number of benzene rings is 6. The van der Waals surface area contributed by atoms with Gasteiger partial charge in [-0.3, -0.25) is 4.98 Å². The van der Waals surface area contributed by atoms with E-state index in [4.69, 9.17) is 15.0 Å². The van der Waals surface area contributed by atoms with Crippen molar-refractivity contribution in [2.24, 2.45) is 0 Å².